The van der Waals surface area contributed by atoms with E-state index in [2.05, 4.69) is 10.2 Å². The molecule has 0 aliphatic rings. The Bertz CT molecular complexity index is 576. The van der Waals surface area contributed by atoms with E-state index in [-0.39, 0.29) is 0 Å². The van der Waals surface area contributed by atoms with Gasteiger partial charge in [0.1, 0.15) is 5.82 Å². The minimum atomic E-state index is 0.513. The zero-order valence-corrected chi connectivity index (χ0v) is 11.0. The van der Waals surface area contributed by atoms with E-state index in [1.165, 1.54) is 0 Å². The van der Waals surface area contributed by atoms with Crippen molar-refractivity contribution in [3.05, 3.63) is 23.4 Å². The van der Waals surface area contributed by atoms with Crippen LogP contribution in [0.4, 0.5) is 5.82 Å². The fourth-order valence-corrected chi connectivity index (χ4v) is 2.02. The smallest absolute Gasteiger partial charge is 0.169 e. The summed E-state index contributed by atoms with van der Waals surface area (Å²) in [6.45, 7) is 4.02. The van der Waals surface area contributed by atoms with Gasteiger partial charge in [-0.2, -0.15) is 5.10 Å². The SMILES string of the molecule is COc1c(-c2cn[nH]c2N)cc(C)c(C)c1OC. The molecule has 0 saturated heterocycles. The molecule has 18 heavy (non-hydrogen) atoms. The Morgan fingerprint density at radius 3 is 2.28 bits per heavy atom. The molecule has 1 heterocycles. The van der Waals surface area contributed by atoms with Gasteiger partial charge in [0.15, 0.2) is 11.5 Å². The quantitative estimate of drug-likeness (QED) is 0.872. The van der Waals surface area contributed by atoms with Crippen molar-refractivity contribution in [1.29, 1.82) is 0 Å². The standard InChI is InChI=1S/C13H17N3O2/c1-7-5-9(10-6-15-16-13(10)14)12(18-4)11(17-3)8(7)2/h5-6H,1-4H3,(H3,14,15,16). The van der Waals surface area contributed by atoms with Crippen molar-refractivity contribution in [2.45, 2.75) is 13.8 Å². The van der Waals surface area contributed by atoms with Crippen molar-refractivity contribution >= 4 is 5.82 Å². The minimum absolute atomic E-state index is 0.513. The number of ether oxygens (including phenoxy) is 2. The number of benzene rings is 1. The lowest BCUT2D eigenvalue weighted by Crippen LogP contribution is -1.99. The Hall–Kier alpha value is -2.17. The molecule has 5 heteroatoms. The fourth-order valence-electron chi connectivity index (χ4n) is 2.02. The van der Waals surface area contributed by atoms with Crippen molar-refractivity contribution in [1.82, 2.24) is 10.2 Å². The van der Waals surface area contributed by atoms with E-state index in [9.17, 15) is 0 Å². The highest BCUT2D eigenvalue weighted by Gasteiger charge is 2.18. The fraction of sp³-hybridized carbons (Fsp3) is 0.308. The van der Waals surface area contributed by atoms with E-state index in [0.29, 0.717) is 11.6 Å². The lowest BCUT2D eigenvalue weighted by Gasteiger charge is -2.16. The number of nitrogens with one attached hydrogen (secondary N) is 1. The van der Waals surface area contributed by atoms with Gasteiger partial charge in [0.05, 0.1) is 20.4 Å². The molecule has 2 aromatic rings. The van der Waals surface area contributed by atoms with Crippen LogP contribution >= 0.6 is 0 Å². The molecule has 1 aromatic heterocycles. The van der Waals surface area contributed by atoms with Crippen LogP contribution < -0.4 is 15.2 Å². The summed E-state index contributed by atoms with van der Waals surface area (Å²) in [6.07, 6.45) is 1.68. The van der Waals surface area contributed by atoms with Crippen LogP contribution in [0, 0.1) is 13.8 Å². The minimum Gasteiger partial charge on any atom is -0.493 e. The van der Waals surface area contributed by atoms with Gasteiger partial charge in [0, 0.05) is 11.1 Å². The van der Waals surface area contributed by atoms with Crippen molar-refractivity contribution in [2.75, 3.05) is 20.0 Å². The summed E-state index contributed by atoms with van der Waals surface area (Å²) in [5.41, 5.74) is 9.72. The van der Waals surface area contributed by atoms with Crippen molar-refractivity contribution in [2.24, 2.45) is 0 Å². The molecule has 2 rings (SSSR count). The molecule has 0 unspecified atom stereocenters. The third kappa shape index (κ3) is 1.77. The zero-order valence-electron chi connectivity index (χ0n) is 11.0. The zero-order chi connectivity index (χ0) is 13.3. The van der Waals surface area contributed by atoms with Crippen LogP contribution in [-0.2, 0) is 0 Å². The highest BCUT2D eigenvalue weighted by molar-refractivity contribution is 5.81. The Kier molecular flexibility index (Phi) is 3.14. The number of H-pyrrole nitrogens is 1. The molecular formula is C13H17N3O2. The number of hydrogen-bond acceptors (Lipinski definition) is 4. The molecule has 0 amide bonds. The molecule has 0 aliphatic carbocycles. The molecule has 1 aromatic carbocycles. The molecule has 0 spiro atoms. The molecule has 3 N–H and O–H groups in total. The number of nitrogen functional groups attached to an aromatic ring is 1. The van der Waals surface area contributed by atoms with Gasteiger partial charge in [-0.1, -0.05) is 0 Å². The highest BCUT2D eigenvalue weighted by atomic mass is 16.5. The Labute approximate surface area is 106 Å². The van der Waals surface area contributed by atoms with Gasteiger partial charge in [0.25, 0.3) is 0 Å². The van der Waals surface area contributed by atoms with E-state index in [4.69, 9.17) is 15.2 Å². The maximum absolute atomic E-state index is 5.86. The Morgan fingerprint density at radius 2 is 1.78 bits per heavy atom. The molecule has 0 atom stereocenters. The number of nitrogens with zero attached hydrogens (tertiary/aromatic N) is 1. The first-order valence-corrected chi connectivity index (χ1v) is 5.61. The summed E-state index contributed by atoms with van der Waals surface area (Å²) in [4.78, 5) is 0. The van der Waals surface area contributed by atoms with Gasteiger partial charge in [-0.05, 0) is 31.0 Å². The molecule has 0 aliphatic heterocycles. The second-order valence-corrected chi connectivity index (χ2v) is 4.13. The maximum Gasteiger partial charge on any atom is 0.169 e. The molecule has 0 fully saturated rings. The van der Waals surface area contributed by atoms with Gasteiger partial charge < -0.3 is 15.2 Å². The number of anilines is 1. The Balaban J connectivity index is 2.75. The normalized spacial score (nSPS) is 10.4. The van der Waals surface area contributed by atoms with Crippen LogP contribution in [0.3, 0.4) is 0 Å². The Morgan fingerprint density at radius 1 is 1.11 bits per heavy atom. The van der Waals surface area contributed by atoms with Gasteiger partial charge in [-0.3, -0.25) is 5.10 Å². The van der Waals surface area contributed by atoms with Crippen LogP contribution in [0.5, 0.6) is 11.5 Å². The second-order valence-electron chi connectivity index (χ2n) is 4.13. The summed E-state index contributed by atoms with van der Waals surface area (Å²) < 4.78 is 10.9. The number of aromatic nitrogens is 2. The summed E-state index contributed by atoms with van der Waals surface area (Å²) in [7, 11) is 3.25. The highest BCUT2D eigenvalue weighted by Crippen LogP contribution is 2.43. The number of aryl methyl sites for hydroxylation is 1. The molecule has 96 valence electrons. The third-order valence-electron chi connectivity index (χ3n) is 3.11. The first kappa shape index (κ1) is 12.3. The summed E-state index contributed by atoms with van der Waals surface area (Å²) in [5, 5.41) is 6.66. The largest absolute Gasteiger partial charge is 0.493 e. The van der Waals surface area contributed by atoms with Gasteiger partial charge in [-0.15, -0.1) is 0 Å². The lowest BCUT2D eigenvalue weighted by molar-refractivity contribution is 0.354. The van der Waals surface area contributed by atoms with Crippen LogP contribution in [0.25, 0.3) is 11.1 Å². The first-order chi connectivity index (χ1) is 8.60. The van der Waals surface area contributed by atoms with Gasteiger partial charge >= 0.3 is 0 Å². The number of hydrogen-bond donors (Lipinski definition) is 2. The van der Waals surface area contributed by atoms with Crippen LogP contribution in [-0.4, -0.2) is 24.4 Å². The van der Waals surface area contributed by atoms with Crippen LogP contribution in [0.15, 0.2) is 12.3 Å². The molecule has 0 saturated carbocycles. The van der Waals surface area contributed by atoms with Gasteiger partial charge in [0.2, 0.25) is 0 Å². The first-order valence-electron chi connectivity index (χ1n) is 5.61. The number of rotatable bonds is 3. The molecular weight excluding hydrogens is 230 g/mol. The summed E-state index contributed by atoms with van der Waals surface area (Å²) in [6, 6.07) is 2.03. The molecule has 0 bridgehead atoms. The topological polar surface area (TPSA) is 73.2 Å². The number of aromatic amines is 1. The maximum atomic E-state index is 5.86. The average molecular weight is 247 g/mol. The van der Waals surface area contributed by atoms with E-state index in [1.54, 1.807) is 20.4 Å². The van der Waals surface area contributed by atoms with E-state index in [0.717, 1.165) is 28.0 Å². The van der Waals surface area contributed by atoms with Gasteiger partial charge in [-0.25, -0.2) is 0 Å². The molecule has 0 radical (unpaired) electrons. The lowest BCUT2D eigenvalue weighted by atomic mass is 9.99. The predicted molar refractivity (Wildman–Crippen MR) is 71.0 cm³/mol. The summed E-state index contributed by atoms with van der Waals surface area (Å²) >= 11 is 0. The van der Waals surface area contributed by atoms with Crippen molar-refractivity contribution < 1.29 is 9.47 Å². The summed E-state index contributed by atoms with van der Waals surface area (Å²) in [5.74, 6) is 1.92. The van der Waals surface area contributed by atoms with Crippen molar-refractivity contribution in [3.63, 3.8) is 0 Å². The molecule has 5 nitrogen and oxygen atoms in total. The van der Waals surface area contributed by atoms with Crippen LogP contribution in [0.1, 0.15) is 11.1 Å². The second kappa shape index (κ2) is 4.60. The van der Waals surface area contributed by atoms with E-state index in [1.807, 2.05) is 19.9 Å². The third-order valence-corrected chi connectivity index (χ3v) is 3.11. The van der Waals surface area contributed by atoms with E-state index >= 15 is 0 Å². The van der Waals surface area contributed by atoms with Crippen molar-refractivity contribution in [3.8, 4) is 22.6 Å². The predicted octanol–water partition coefficient (Wildman–Crippen LogP) is 2.29. The van der Waals surface area contributed by atoms with E-state index < -0.39 is 0 Å². The number of nitrogens with two attached hydrogens (primary N) is 1. The monoisotopic (exact) mass is 247 g/mol. The van der Waals surface area contributed by atoms with Crippen LogP contribution in [0.2, 0.25) is 0 Å². The average Bonchev–Trinajstić information content (AvgIpc) is 2.78. The number of methoxy groups -OCH3 is 2.